The Balaban J connectivity index is 4.43. The normalized spacial score (nSPS) is 13.4. The smallest absolute Gasteiger partial charge is 0.318 e. The van der Waals surface area contributed by atoms with Gasteiger partial charge >= 0.3 is 12.0 Å². The summed E-state index contributed by atoms with van der Waals surface area (Å²) in [5, 5.41) is 11.2. The van der Waals surface area contributed by atoms with Gasteiger partial charge in [0.15, 0.2) is 0 Å². The Morgan fingerprint density at radius 2 is 2.06 bits per heavy atom. The Morgan fingerprint density at radius 3 is 2.44 bits per heavy atom. The van der Waals surface area contributed by atoms with Crippen LogP contribution in [0.3, 0.4) is 0 Å². The van der Waals surface area contributed by atoms with Crippen molar-refractivity contribution in [1.29, 1.82) is 0 Å². The number of carbonyl (C=O) groups is 2. The maximum Gasteiger partial charge on any atom is 0.318 e. The number of hydrogen-bond donors (Lipinski definition) is 2. The highest BCUT2D eigenvalue weighted by Gasteiger charge is 2.21. The molecular formula is C11H18N2O3. The van der Waals surface area contributed by atoms with Crippen molar-refractivity contribution in [3.8, 4) is 12.3 Å². The van der Waals surface area contributed by atoms with Gasteiger partial charge in [0, 0.05) is 12.6 Å². The Hall–Kier alpha value is -1.70. The van der Waals surface area contributed by atoms with Gasteiger partial charge < -0.3 is 15.3 Å². The van der Waals surface area contributed by atoms with Gasteiger partial charge in [-0.2, -0.15) is 0 Å². The quantitative estimate of drug-likeness (QED) is 0.684. The van der Waals surface area contributed by atoms with E-state index in [1.165, 1.54) is 4.90 Å². The summed E-state index contributed by atoms with van der Waals surface area (Å²) in [5.41, 5.74) is 0. The van der Waals surface area contributed by atoms with Gasteiger partial charge in [-0.05, 0) is 20.8 Å². The van der Waals surface area contributed by atoms with Crippen LogP contribution in [0.25, 0.3) is 0 Å². The molecule has 0 aromatic carbocycles. The highest BCUT2D eigenvalue weighted by Crippen LogP contribution is 2.04. The summed E-state index contributed by atoms with van der Waals surface area (Å²) in [7, 11) is 0. The summed E-state index contributed by atoms with van der Waals surface area (Å²) >= 11 is 0. The lowest BCUT2D eigenvalue weighted by atomic mass is 10.2. The summed E-state index contributed by atoms with van der Waals surface area (Å²) in [5.74, 6) is 1.45. The molecule has 0 rings (SSSR count). The van der Waals surface area contributed by atoms with E-state index in [0.717, 1.165) is 0 Å². The zero-order valence-electron chi connectivity index (χ0n) is 9.86. The van der Waals surface area contributed by atoms with Crippen molar-refractivity contribution in [3.63, 3.8) is 0 Å². The van der Waals surface area contributed by atoms with Crippen LogP contribution in [0.4, 0.5) is 4.79 Å². The molecule has 0 aromatic heterocycles. The Bertz CT molecular complexity index is 296. The van der Waals surface area contributed by atoms with Crippen LogP contribution in [0.5, 0.6) is 0 Å². The maximum absolute atomic E-state index is 11.7. The molecule has 0 aromatic rings. The van der Waals surface area contributed by atoms with Gasteiger partial charge in [0.1, 0.15) is 0 Å². The zero-order chi connectivity index (χ0) is 12.7. The van der Waals surface area contributed by atoms with E-state index < -0.39 is 5.97 Å². The zero-order valence-corrected chi connectivity index (χ0v) is 9.86. The van der Waals surface area contributed by atoms with Crippen LogP contribution in [0.2, 0.25) is 0 Å². The third-order valence-electron chi connectivity index (χ3n) is 2.19. The van der Waals surface area contributed by atoms with Crippen LogP contribution in [0, 0.1) is 12.3 Å². The van der Waals surface area contributed by atoms with Gasteiger partial charge in [-0.15, -0.1) is 6.42 Å². The minimum atomic E-state index is -0.927. The van der Waals surface area contributed by atoms with Gasteiger partial charge in [-0.25, -0.2) is 4.79 Å². The van der Waals surface area contributed by atoms with Gasteiger partial charge in [-0.3, -0.25) is 4.79 Å². The van der Waals surface area contributed by atoms with Crippen LogP contribution in [0.15, 0.2) is 0 Å². The summed E-state index contributed by atoms with van der Waals surface area (Å²) in [6.07, 6.45) is 5.06. The lowest BCUT2D eigenvalue weighted by Gasteiger charge is -2.27. The molecule has 0 spiro atoms. The largest absolute Gasteiger partial charge is 0.481 e. The molecule has 0 fully saturated rings. The number of aliphatic carboxylic acids is 1. The summed E-state index contributed by atoms with van der Waals surface area (Å²) in [4.78, 5) is 23.7. The molecule has 2 unspecified atom stereocenters. The van der Waals surface area contributed by atoms with Crippen LogP contribution < -0.4 is 5.32 Å². The van der Waals surface area contributed by atoms with Crippen molar-refractivity contribution in [3.05, 3.63) is 0 Å². The minimum absolute atomic E-state index is 0.0777. The van der Waals surface area contributed by atoms with Crippen LogP contribution in [-0.4, -0.2) is 40.6 Å². The SMILES string of the molecule is C#CC(C)NC(=O)N(CC)C(C)CC(=O)O. The fourth-order valence-corrected chi connectivity index (χ4v) is 1.33. The van der Waals surface area contributed by atoms with E-state index in [1.807, 2.05) is 0 Å². The van der Waals surface area contributed by atoms with E-state index in [2.05, 4.69) is 11.2 Å². The molecule has 16 heavy (non-hydrogen) atoms. The van der Waals surface area contributed by atoms with Gasteiger partial charge in [0.05, 0.1) is 12.5 Å². The van der Waals surface area contributed by atoms with E-state index in [1.54, 1.807) is 20.8 Å². The first-order chi connectivity index (χ1) is 7.42. The van der Waals surface area contributed by atoms with Gasteiger partial charge in [0.25, 0.3) is 0 Å². The van der Waals surface area contributed by atoms with Gasteiger partial charge in [0.2, 0.25) is 0 Å². The molecule has 0 radical (unpaired) electrons. The fourth-order valence-electron chi connectivity index (χ4n) is 1.33. The number of hydrogen-bond acceptors (Lipinski definition) is 2. The molecule has 2 atom stereocenters. The van der Waals surface area contributed by atoms with Crippen molar-refractivity contribution in [2.24, 2.45) is 0 Å². The first kappa shape index (κ1) is 14.3. The first-order valence-electron chi connectivity index (χ1n) is 5.17. The average molecular weight is 226 g/mol. The molecule has 0 aliphatic rings. The summed E-state index contributed by atoms with van der Waals surface area (Å²) in [6, 6.07) is -1.05. The van der Waals surface area contributed by atoms with Gasteiger partial charge in [-0.1, -0.05) is 5.92 Å². The predicted octanol–water partition coefficient (Wildman–Crippen LogP) is 0.903. The second kappa shape index (κ2) is 6.72. The van der Waals surface area contributed by atoms with E-state index >= 15 is 0 Å². The number of urea groups is 1. The fraction of sp³-hybridized carbons (Fsp3) is 0.636. The standard InChI is InChI=1S/C11H18N2O3/c1-5-8(3)12-11(16)13(6-2)9(4)7-10(14)15/h1,8-9H,6-7H2,2-4H3,(H,12,16)(H,14,15). The van der Waals surface area contributed by atoms with E-state index in [9.17, 15) is 9.59 Å². The van der Waals surface area contributed by atoms with Crippen molar-refractivity contribution in [2.45, 2.75) is 39.3 Å². The molecular weight excluding hydrogens is 208 g/mol. The predicted molar refractivity (Wildman–Crippen MR) is 60.9 cm³/mol. The number of carboxylic acids is 1. The second-order valence-corrected chi connectivity index (χ2v) is 3.57. The van der Waals surface area contributed by atoms with Crippen molar-refractivity contribution < 1.29 is 14.7 Å². The number of carbonyl (C=O) groups excluding carboxylic acids is 1. The number of terminal acetylenes is 1. The second-order valence-electron chi connectivity index (χ2n) is 3.57. The lowest BCUT2D eigenvalue weighted by Crippen LogP contribution is -2.47. The molecule has 0 heterocycles. The van der Waals surface area contributed by atoms with Crippen molar-refractivity contribution in [1.82, 2.24) is 10.2 Å². The van der Waals surface area contributed by atoms with E-state index in [0.29, 0.717) is 6.54 Å². The van der Waals surface area contributed by atoms with Crippen LogP contribution in [-0.2, 0) is 4.79 Å². The molecule has 90 valence electrons. The molecule has 5 nitrogen and oxygen atoms in total. The Kier molecular flexibility index (Phi) is 6.01. The summed E-state index contributed by atoms with van der Waals surface area (Å²) in [6.45, 7) is 5.61. The molecule has 0 aliphatic heterocycles. The molecule has 0 bridgehead atoms. The van der Waals surface area contributed by atoms with Crippen LogP contribution in [0.1, 0.15) is 27.2 Å². The molecule has 0 saturated carbocycles. The minimum Gasteiger partial charge on any atom is -0.481 e. The number of carboxylic acid groups (broad SMARTS) is 1. The number of rotatable bonds is 5. The van der Waals surface area contributed by atoms with Crippen molar-refractivity contribution in [2.75, 3.05) is 6.54 Å². The van der Waals surface area contributed by atoms with E-state index in [-0.39, 0.29) is 24.5 Å². The number of amides is 2. The molecule has 2 amide bonds. The lowest BCUT2D eigenvalue weighted by molar-refractivity contribution is -0.138. The molecule has 5 heteroatoms. The number of nitrogens with zero attached hydrogens (tertiary/aromatic N) is 1. The number of nitrogens with one attached hydrogen (secondary N) is 1. The Labute approximate surface area is 95.8 Å². The Morgan fingerprint density at radius 1 is 1.50 bits per heavy atom. The molecule has 0 saturated heterocycles. The average Bonchev–Trinajstić information content (AvgIpc) is 2.17. The van der Waals surface area contributed by atoms with Crippen molar-refractivity contribution >= 4 is 12.0 Å². The van der Waals surface area contributed by atoms with E-state index in [4.69, 9.17) is 11.5 Å². The first-order valence-corrected chi connectivity index (χ1v) is 5.17. The topological polar surface area (TPSA) is 69.6 Å². The van der Waals surface area contributed by atoms with Crippen LogP contribution >= 0.6 is 0 Å². The monoisotopic (exact) mass is 226 g/mol. The third-order valence-corrected chi connectivity index (χ3v) is 2.19. The maximum atomic E-state index is 11.7. The highest BCUT2D eigenvalue weighted by molar-refractivity contribution is 5.76. The third kappa shape index (κ3) is 4.69. The highest BCUT2D eigenvalue weighted by atomic mass is 16.4. The molecule has 2 N–H and O–H groups in total. The summed E-state index contributed by atoms with van der Waals surface area (Å²) < 4.78 is 0. The molecule has 0 aliphatic carbocycles.